The maximum absolute atomic E-state index is 13.3. The molecule has 3 heterocycles. The van der Waals surface area contributed by atoms with Crippen molar-refractivity contribution in [1.29, 1.82) is 0 Å². The number of carbonyl (C=O) groups is 3. The molecule has 4 atom stereocenters. The topological polar surface area (TPSA) is 132 Å². The quantitative estimate of drug-likeness (QED) is 0.109. The number of ether oxygens (including phenoxy) is 2. The molecular formula is C32H23ClN4O7. The van der Waals surface area contributed by atoms with Crippen LogP contribution in [0.15, 0.2) is 91.5 Å². The van der Waals surface area contributed by atoms with Crippen molar-refractivity contribution < 1.29 is 33.6 Å². The fourth-order valence-electron chi connectivity index (χ4n) is 6.15. The summed E-state index contributed by atoms with van der Waals surface area (Å²) in [6.07, 6.45) is 1.56. The third-order valence-corrected chi connectivity index (χ3v) is 8.50. The van der Waals surface area contributed by atoms with Crippen molar-refractivity contribution in [2.45, 2.75) is 30.6 Å². The number of hydrogen-bond acceptors (Lipinski definition) is 10. The van der Waals surface area contributed by atoms with Crippen LogP contribution >= 0.6 is 11.6 Å². The van der Waals surface area contributed by atoms with Crippen LogP contribution < -0.4 is 0 Å². The maximum atomic E-state index is 13.3. The molecule has 12 heteroatoms. The molecule has 0 radical (unpaired) electrons. The Balaban J connectivity index is 1.21. The van der Waals surface area contributed by atoms with E-state index < -0.39 is 41.6 Å². The lowest BCUT2D eigenvalue weighted by molar-refractivity contribution is -0.187. The SMILES string of the molecule is C[C@]12c3ccc(C(=O)OOC(=O)c4ccccc4)c(c3)[C@H]1[C@H](COC(=O)c1ccccc1)O[C@H]2n1cnc2c(Cl)ncnc21. The van der Waals surface area contributed by atoms with E-state index in [0.717, 1.165) is 5.56 Å². The zero-order valence-electron chi connectivity index (χ0n) is 23.1. The summed E-state index contributed by atoms with van der Waals surface area (Å²) in [5, 5.41) is 0.198. The van der Waals surface area contributed by atoms with Gasteiger partial charge in [0.25, 0.3) is 0 Å². The molecule has 1 fully saturated rings. The van der Waals surface area contributed by atoms with Crippen molar-refractivity contribution in [3.8, 4) is 0 Å². The van der Waals surface area contributed by atoms with Crippen molar-refractivity contribution in [1.82, 2.24) is 19.5 Å². The van der Waals surface area contributed by atoms with Gasteiger partial charge < -0.3 is 9.47 Å². The molecule has 11 nitrogen and oxygen atoms in total. The van der Waals surface area contributed by atoms with Crippen LogP contribution in [-0.4, -0.2) is 50.1 Å². The van der Waals surface area contributed by atoms with Gasteiger partial charge in [0, 0.05) is 11.3 Å². The molecule has 0 saturated carbocycles. The van der Waals surface area contributed by atoms with E-state index in [0.29, 0.717) is 22.3 Å². The molecule has 7 rings (SSSR count). The first-order chi connectivity index (χ1) is 21.4. The van der Waals surface area contributed by atoms with E-state index >= 15 is 0 Å². The third kappa shape index (κ3) is 4.48. The summed E-state index contributed by atoms with van der Waals surface area (Å²) in [5.41, 5.74) is 2.40. The first kappa shape index (κ1) is 27.7. The highest BCUT2D eigenvalue weighted by Gasteiger charge is 2.60. The Bertz CT molecular complexity index is 1920. The monoisotopic (exact) mass is 610 g/mol. The molecule has 0 N–H and O–H groups in total. The van der Waals surface area contributed by atoms with Crippen LogP contribution in [0.2, 0.25) is 5.15 Å². The van der Waals surface area contributed by atoms with Gasteiger partial charge in [0.15, 0.2) is 10.8 Å². The van der Waals surface area contributed by atoms with Crippen LogP contribution in [0.1, 0.15) is 61.3 Å². The Morgan fingerprint density at radius 3 is 2.30 bits per heavy atom. The molecule has 0 spiro atoms. The van der Waals surface area contributed by atoms with Gasteiger partial charge in [-0.15, -0.1) is 0 Å². The molecule has 2 bridgehead atoms. The number of imidazole rings is 1. The number of rotatable bonds is 6. The zero-order chi connectivity index (χ0) is 30.4. The molecular weight excluding hydrogens is 588 g/mol. The Morgan fingerprint density at radius 1 is 0.886 bits per heavy atom. The summed E-state index contributed by atoms with van der Waals surface area (Å²) in [7, 11) is 0. The van der Waals surface area contributed by atoms with Crippen molar-refractivity contribution in [3.05, 3.63) is 124 Å². The van der Waals surface area contributed by atoms with Gasteiger partial charge >= 0.3 is 17.9 Å². The fourth-order valence-corrected chi connectivity index (χ4v) is 6.33. The van der Waals surface area contributed by atoms with Gasteiger partial charge in [0.2, 0.25) is 0 Å². The van der Waals surface area contributed by atoms with Gasteiger partial charge in [-0.3, -0.25) is 4.57 Å². The average Bonchev–Trinajstić information content (AvgIpc) is 3.68. The number of hydrogen-bond donors (Lipinski definition) is 0. The largest absolute Gasteiger partial charge is 0.459 e. The molecule has 5 aromatic rings. The van der Waals surface area contributed by atoms with Gasteiger partial charge in [-0.1, -0.05) is 67.1 Å². The van der Waals surface area contributed by atoms with Crippen molar-refractivity contribution in [2.24, 2.45) is 0 Å². The third-order valence-electron chi connectivity index (χ3n) is 8.22. The summed E-state index contributed by atoms with van der Waals surface area (Å²) in [5.74, 6) is -2.64. The Morgan fingerprint density at radius 2 is 1.57 bits per heavy atom. The van der Waals surface area contributed by atoms with Gasteiger partial charge in [-0.05, 0) is 41.5 Å². The molecule has 2 aromatic heterocycles. The number of carbonyl (C=O) groups excluding carboxylic acids is 3. The van der Waals surface area contributed by atoms with Crippen molar-refractivity contribution in [2.75, 3.05) is 6.61 Å². The van der Waals surface area contributed by atoms with Crippen LogP contribution in [0.25, 0.3) is 11.2 Å². The Hall–Kier alpha value is -5.13. The molecule has 1 saturated heterocycles. The Kier molecular flexibility index (Phi) is 6.83. The molecule has 44 heavy (non-hydrogen) atoms. The number of benzene rings is 3. The molecule has 0 amide bonds. The summed E-state index contributed by atoms with van der Waals surface area (Å²) in [6, 6.07) is 22.1. The lowest BCUT2D eigenvalue weighted by Gasteiger charge is -2.31. The molecule has 1 aliphatic heterocycles. The van der Waals surface area contributed by atoms with Gasteiger partial charge in [-0.25, -0.2) is 39.1 Å². The van der Waals surface area contributed by atoms with Crippen LogP contribution in [0.4, 0.5) is 0 Å². The lowest BCUT2D eigenvalue weighted by Crippen LogP contribution is -2.33. The first-order valence-electron chi connectivity index (χ1n) is 13.7. The standard InChI is InChI=1S/C32H23ClN4O7/c1-32-20-12-13-21(30(40)44-43-29(39)19-10-6-3-7-11-19)22(14-20)24(32)23(15-41-28(38)18-8-4-2-5-9-18)42-31(32)37-17-36-25-26(33)34-16-35-27(25)37/h2-14,16-17,23-24,31H,15H2,1H3/t23-,24-,31+,32-/m0/s1. The zero-order valence-corrected chi connectivity index (χ0v) is 23.9. The Labute approximate surface area is 255 Å². The predicted molar refractivity (Wildman–Crippen MR) is 155 cm³/mol. The smallest absolute Gasteiger partial charge is 0.386 e. The van der Waals surface area contributed by atoms with E-state index in [2.05, 4.69) is 15.0 Å². The minimum atomic E-state index is -0.851. The van der Waals surface area contributed by atoms with E-state index in [1.165, 1.54) is 6.33 Å². The number of esters is 1. The summed E-state index contributed by atoms with van der Waals surface area (Å²) in [6.45, 7) is 1.89. The summed E-state index contributed by atoms with van der Waals surface area (Å²) in [4.78, 5) is 61.2. The molecule has 0 unspecified atom stereocenters. The maximum Gasteiger partial charge on any atom is 0.386 e. The highest BCUT2D eigenvalue weighted by atomic mass is 35.5. The molecule has 3 aromatic carbocycles. The highest BCUT2D eigenvalue weighted by molar-refractivity contribution is 6.33. The molecule has 2 aliphatic rings. The van der Waals surface area contributed by atoms with E-state index in [4.69, 9.17) is 30.8 Å². The van der Waals surface area contributed by atoms with Gasteiger partial charge in [0.1, 0.15) is 30.8 Å². The van der Waals surface area contributed by atoms with E-state index in [1.54, 1.807) is 83.7 Å². The fraction of sp³-hybridized carbons (Fsp3) is 0.188. The van der Waals surface area contributed by atoms with Gasteiger partial charge in [-0.2, -0.15) is 0 Å². The lowest BCUT2D eigenvalue weighted by atomic mass is 9.73. The average molecular weight is 611 g/mol. The van der Waals surface area contributed by atoms with Crippen molar-refractivity contribution in [3.63, 3.8) is 0 Å². The molecule has 220 valence electrons. The van der Waals surface area contributed by atoms with Gasteiger partial charge in [0.05, 0.1) is 23.0 Å². The second-order valence-corrected chi connectivity index (χ2v) is 11.0. The van der Waals surface area contributed by atoms with Crippen LogP contribution in [-0.2, 0) is 24.7 Å². The molecule has 1 aliphatic carbocycles. The first-order valence-corrected chi connectivity index (χ1v) is 14.1. The van der Waals surface area contributed by atoms with Crippen LogP contribution in [0.3, 0.4) is 0 Å². The summed E-state index contributed by atoms with van der Waals surface area (Å²) < 4.78 is 14.1. The van der Waals surface area contributed by atoms with E-state index in [9.17, 15) is 14.4 Å². The minimum Gasteiger partial charge on any atom is -0.459 e. The van der Waals surface area contributed by atoms with Crippen LogP contribution in [0.5, 0.6) is 0 Å². The second-order valence-electron chi connectivity index (χ2n) is 10.6. The second kappa shape index (κ2) is 10.9. The van der Waals surface area contributed by atoms with E-state index in [1.807, 2.05) is 13.0 Å². The minimum absolute atomic E-state index is 0.108. The normalized spacial score (nSPS) is 21.5. The number of halogens is 1. The highest BCUT2D eigenvalue weighted by Crippen LogP contribution is 2.60. The number of fused-ring (bicyclic) bond motifs is 6. The number of nitrogens with zero attached hydrogens (tertiary/aromatic N) is 4. The van der Waals surface area contributed by atoms with Crippen LogP contribution in [0, 0.1) is 0 Å². The summed E-state index contributed by atoms with van der Waals surface area (Å²) >= 11 is 6.29. The predicted octanol–water partition coefficient (Wildman–Crippen LogP) is 5.22. The van der Waals surface area contributed by atoms with E-state index in [-0.39, 0.29) is 22.9 Å². The van der Waals surface area contributed by atoms with Crippen molar-refractivity contribution >= 4 is 40.7 Å². The number of aromatic nitrogens is 4.